The van der Waals surface area contributed by atoms with Gasteiger partial charge in [0.2, 0.25) is 5.92 Å². The van der Waals surface area contributed by atoms with Gasteiger partial charge < -0.3 is 4.74 Å². The van der Waals surface area contributed by atoms with Crippen LogP contribution >= 0.6 is 0 Å². The highest BCUT2D eigenvalue weighted by atomic mass is 19.3. The molecule has 0 saturated heterocycles. The summed E-state index contributed by atoms with van der Waals surface area (Å²) in [7, 11) is 0. The predicted molar refractivity (Wildman–Crippen MR) is 59.3 cm³/mol. The Morgan fingerprint density at radius 3 is 2.13 bits per heavy atom. The summed E-state index contributed by atoms with van der Waals surface area (Å²) in [4.78, 5) is 0. The van der Waals surface area contributed by atoms with Gasteiger partial charge in [0.25, 0.3) is 0 Å². The van der Waals surface area contributed by atoms with Crippen molar-refractivity contribution in [3.05, 3.63) is 0 Å². The molecule has 0 aliphatic rings. The van der Waals surface area contributed by atoms with E-state index in [0.29, 0.717) is 13.0 Å². The van der Waals surface area contributed by atoms with Crippen molar-refractivity contribution in [3.8, 4) is 0 Å². The highest BCUT2D eigenvalue weighted by Crippen LogP contribution is 2.28. The third-order valence-electron chi connectivity index (χ3n) is 2.09. The fourth-order valence-corrected chi connectivity index (χ4v) is 1.50. The van der Waals surface area contributed by atoms with Crippen LogP contribution in [0.4, 0.5) is 8.78 Å². The molecule has 0 N–H and O–H groups in total. The predicted octanol–water partition coefficient (Wildman–Crippen LogP) is 4.26. The first kappa shape index (κ1) is 14.8. The van der Waals surface area contributed by atoms with Gasteiger partial charge in [-0.1, -0.05) is 13.8 Å². The van der Waals surface area contributed by atoms with Gasteiger partial charge in [-0.3, -0.25) is 0 Å². The average molecular weight is 222 g/mol. The maximum Gasteiger partial charge on any atom is 0.248 e. The average Bonchev–Trinajstić information content (AvgIpc) is 1.99. The van der Waals surface area contributed by atoms with Crippen LogP contribution in [-0.2, 0) is 4.74 Å². The Bertz CT molecular complexity index is 156. The van der Waals surface area contributed by atoms with E-state index in [-0.39, 0.29) is 24.9 Å². The van der Waals surface area contributed by atoms with E-state index in [1.54, 1.807) is 0 Å². The van der Waals surface area contributed by atoms with Gasteiger partial charge in [-0.15, -0.1) is 0 Å². The number of ether oxygens (including phenoxy) is 1. The first-order chi connectivity index (χ1) is 6.83. The number of alkyl halides is 2. The van der Waals surface area contributed by atoms with E-state index in [9.17, 15) is 8.78 Å². The Balaban J connectivity index is 3.48. The lowest BCUT2D eigenvalue weighted by Crippen LogP contribution is -2.18. The molecule has 0 aromatic rings. The van der Waals surface area contributed by atoms with Crippen molar-refractivity contribution >= 4 is 0 Å². The number of unbranched alkanes of at least 4 members (excludes halogenated alkanes) is 1. The number of hydrogen-bond donors (Lipinski definition) is 0. The smallest absolute Gasteiger partial charge is 0.248 e. The lowest BCUT2D eigenvalue weighted by molar-refractivity contribution is -0.0311. The van der Waals surface area contributed by atoms with E-state index < -0.39 is 5.92 Å². The van der Waals surface area contributed by atoms with Crippen molar-refractivity contribution in [2.45, 2.75) is 65.4 Å². The van der Waals surface area contributed by atoms with E-state index >= 15 is 0 Å². The highest BCUT2D eigenvalue weighted by molar-refractivity contribution is 4.68. The third kappa shape index (κ3) is 10.1. The largest absolute Gasteiger partial charge is 0.379 e. The third-order valence-corrected chi connectivity index (χ3v) is 2.09. The van der Waals surface area contributed by atoms with Gasteiger partial charge in [-0.2, -0.15) is 0 Å². The molecule has 1 nitrogen and oxygen atoms in total. The minimum absolute atomic E-state index is 0.00195. The van der Waals surface area contributed by atoms with Crippen molar-refractivity contribution < 1.29 is 13.5 Å². The van der Waals surface area contributed by atoms with Gasteiger partial charge in [0, 0.05) is 19.4 Å². The van der Waals surface area contributed by atoms with Crippen LogP contribution < -0.4 is 0 Å². The second-order valence-electron chi connectivity index (χ2n) is 4.83. The van der Waals surface area contributed by atoms with Crippen molar-refractivity contribution in [2.24, 2.45) is 5.92 Å². The molecule has 92 valence electrons. The molecule has 0 unspecified atom stereocenters. The van der Waals surface area contributed by atoms with E-state index in [1.807, 2.05) is 27.7 Å². The second kappa shape index (κ2) is 7.15. The van der Waals surface area contributed by atoms with Crippen molar-refractivity contribution in [3.63, 3.8) is 0 Å². The molecule has 0 bridgehead atoms. The van der Waals surface area contributed by atoms with Gasteiger partial charge >= 0.3 is 0 Å². The minimum Gasteiger partial charge on any atom is -0.379 e. The summed E-state index contributed by atoms with van der Waals surface area (Å²) in [5.41, 5.74) is 0. The molecule has 3 heteroatoms. The van der Waals surface area contributed by atoms with Crippen molar-refractivity contribution in [1.82, 2.24) is 0 Å². The van der Waals surface area contributed by atoms with E-state index in [0.717, 1.165) is 6.42 Å². The lowest BCUT2D eigenvalue weighted by Gasteiger charge is -2.18. The molecule has 0 aromatic carbocycles. The van der Waals surface area contributed by atoms with Gasteiger partial charge in [-0.05, 0) is 32.6 Å². The normalized spacial score (nSPS) is 12.8. The second-order valence-corrected chi connectivity index (χ2v) is 4.83. The van der Waals surface area contributed by atoms with Crippen LogP contribution in [0.5, 0.6) is 0 Å². The molecule has 15 heavy (non-hydrogen) atoms. The maximum atomic E-state index is 13.2. The molecule has 0 aliphatic carbocycles. The molecular weight excluding hydrogens is 198 g/mol. The Morgan fingerprint density at radius 1 is 1.07 bits per heavy atom. The Hall–Kier alpha value is -0.180. The minimum atomic E-state index is -2.49. The molecule has 0 rings (SSSR count). The Morgan fingerprint density at radius 2 is 1.67 bits per heavy atom. The molecule has 0 saturated carbocycles. The standard InChI is InChI=1S/C12H24F2O/c1-10(2)9-12(13,14)7-5-6-8-15-11(3)4/h10-11H,5-9H2,1-4H3. The zero-order valence-electron chi connectivity index (χ0n) is 10.4. The first-order valence-corrected chi connectivity index (χ1v) is 5.83. The zero-order valence-corrected chi connectivity index (χ0v) is 10.4. The summed E-state index contributed by atoms with van der Waals surface area (Å²) >= 11 is 0. The van der Waals surface area contributed by atoms with Crippen LogP contribution in [0.3, 0.4) is 0 Å². The Labute approximate surface area is 92.2 Å². The fraction of sp³-hybridized carbons (Fsp3) is 1.00. The monoisotopic (exact) mass is 222 g/mol. The lowest BCUT2D eigenvalue weighted by atomic mass is 10.0. The van der Waals surface area contributed by atoms with E-state index in [1.165, 1.54) is 0 Å². The molecular formula is C12H24F2O. The van der Waals surface area contributed by atoms with Crippen molar-refractivity contribution in [2.75, 3.05) is 6.61 Å². The van der Waals surface area contributed by atoms with E-state index in [2.05, 4.69) is 0 Å². The maximum absolute atomic E-state index is 13.2. The molecule has 0 amide bonds. The summed E-state index contributed by atoms with van der Waals surface area (Å²) in [6.07, 6.45) is 1.46. The summed E-state index contributed by atoms with van der Waals surface area (Å²) in [5, 5.41) is 0. The molecule has 0 spiro atoms. The van der Waals surface area contributed by atoms with Crippen LogP contribution in [0.15, 0.2) is 0 Å². The van der Waals surface area contributed by atoms with Gasteiger partial charge in [0.15, 0.2) is 0 Å². The number of halogens is 2. The fourth-order valence-electron chi connectivity index (χ4n) is 1.50. The number of hydrogen-bond acceptors (Lipinski definition) is 1. The molecule has 0 fully saturated rings. The quantitative estimate of drug-likeness (QED) is 0.557. The van der Waals surface area contributed by atoms with Gasteiger partial charge in [0.1, 0.15) is 0 Å². The van der Waals surface area contributed by atoms with Gasteiger partial charge in [0.05, 0.1) is 6.10 Å². The summed E-state index contributed by atoms with van der Waals surface area (Å²) in [6.45, 7) is 8.15. The van der Waals surface area contributed by atoms with Crippen molar-refractivity contribution in [1.29, 1.82) is 0 Å². The van der Waals surface area contributed by atoms with Gasteiger partial charge in [-0.25, -0.2) is 8.78 Å². The van der Waals surface area contributed by atoms with Crippen LogP contribution in [0, 0.1) is 5.92 Å². The number of rotatable bonds is 8. The molecule has 0 aliphatic heterocycles. The SMILES string of the molecule is CC(C)CC(F)(F)CCCCOC(C)C. The summed E-state index contributed by atoms with van der Waals surface area (Å²) in [6, 6.07) is 0. The summed E-state index contributed by atoms with van der Waals surface area (Å²) < 4.78 is 31.7. The highest BCUT2D eigenvalue weighted by Gasteiger charge is 2.28. The summed E-state index contributed by atoms with van der Waals surface area (Å²) in [5.74, 6) is -2.43. The van der Waals surface area contributed by atoms with Crippen LogP contribution in [0.1, 0.15) is 53.4 Å². The van der Waals surface area contributed by atoms with E-state index in [4.69, 9.17) is 4.74 Å². The van der Waals surface area contributed by atoms with Crippen LogP contribution in [0.25, 0.3) is 0 Å². The first-order valence-electron chi connectivity index (χ1n) is 5.83. The molecule has 0 aromatic heterocycles. The zero-order chi connectivity index (χ0) is 11.9. The van der Waals surface area contributed by atoms with Crippen LogP contribution in [0.2, 0.25) is 0 Å². The topological polar surface area (TPSA) is 9.23 Å². The molecule has 0 atom stereocenters. The van der Waals surface area contributed by atoms with Crippen LogP contribution in [-0.4, -0.2) is 18.6 Å². The Kier molecular flexibility index (Phi) is 7.07. The molecule has 0 radical (unpaired) electrons. The molecule has 0 heterocycles.